The first-order valence-corrected chi connectivity index (χ1v) is 12.6. The van der Waals surface area contributed by atoms with Crippen molar-refractivity contribution in [3.05, 3.63) is 77.4 Å². The summed E-state index contributed by atoms with van der Waals surface area (Å²) in [5.41, 5.74) is -2.20. The van der Waals surface area contributed by atoms with Crippen LogP contribution in [0.4, 0.5) is 22.0 Å². The van der Waals surface area contributed by atoms with Crippen molar-refractivity contribution >= 4 is 15.7 Å². The Morgan fingerprint density at radius 1 is 1.05 bits per heavy atom. The van der Waals surface area contributed by atoms with Gasteiger partial charge in [0.25, 0.3) is 6.43 Å². The number of aliphatic hydroxyl groups is 1. The number of nitrogens with one attached hydrogen (secondary N) is 1. The molecule has 0 bridgehead atoms. The van der Waals surface area contributed by atoms with E-state index in [9.17, 15) is 35.5 Å². The Labute approximate surface area is 219 Å². The molecule has 0 saturated heterocycles. The van der Waals surface area contributed by atoms with Gasteiger partial charge in [-0.1, -0.05) is 24.0 Å². The molecule has 0 atom stereocenters. The molecule has 0 saturated carbocycles. The van der Waals surface area contributed by atoms with Gasteiger partial charge in [-0.15, -0.1) is 0 Å². The van der Waals surface area contributed by atoms with Gasteiger partial charge in [0.2, 0.25) is 10.0 Å². The number of nitrogens with zero attached hydrogens (tertiary/aromatic N) is 4. The highest BCUT2D eigenvalue weighted by atomic mass is 32.2. The highest BCUT2D eigenvalue weighted by Gasteiger charge is 2.30. The molecule has 4 rings (SSSR count). The van der Waals surface area contributed by atoms with E-state index in [0.29, 0.717) is 0 Å². The molecule has 39 heavy (non-hydrogen) atoms. The van der Waals surface area contributed by atoms with E-state index in [0.717, 1.165) is 41.0 Å². The molecule has 0 aliphatic heterocycles. The second-order valence-electron chi connectivity index (χ2n) is 9.04. The van der Waals surface area contributed by atoms with Crippen molar-refractivity contribution < 1.29 is 35.5 Å². The van der Waals surface area contributed by atoms with E-state index in [-0.39, 0.29) is 32.9 Å². The molecule has 3 heterocycles. The number of fused-ring (bicyclic) bond motifs is 1. The number of hydrogen-bond acceptors (Lipinski definition) is 6. The molecule has 0 radical (unpaired) electrons. The standard InChI is InChI=1S/C25H20F5N5O3S/c1-24(2,14-36)34-39(37,38)19-9-15(11-31-13-19)3-4-17-12-32-35-21(22(26)27)10-20(33-23(17)35)16-5-7-18(8-6-16)25(28,29)30/h5-13,22,34,36H,14H2,1-2H3. The lowest BCUT2D eigenvalue weighted by molar-refractivity contribution is -0.137. The average molecular weight is 566 g/mol. The summed E-state index contributed by atoms with van der Waals surface area (Å²) >= 11 is 0. The summed E-state index contributed by atoms with van der Waals surface area (Å²) in [5.74, 6) is 5.41. The number of aliphatic hydroxyl groups excluding tert-OH is 1. The number of halogens is 5. The van der Waals surface area contributed by atoms with Crippen LogP contribution in [0.3, 0.4) is 0 Å². The third-order valence-corrected chi connectivity index (χ3v) is 7.07. The summed E-state index contributed by atoms with van der Waals surface area (Å²) < 4.78 is 94.9. The molecule has 1 aromatic carbocycles. The molecule has 4 aromatic rings. The van der Waals surface area contributed by atoms with Gasteiger partial charge in [0, 0.05) is 23.5 Å². The molecule has 0 fully saturated rings. The molecule has 0 unspecified atom stereocenters. The third kappa shape index (κ3) is 6.22. The predicted octanol–water partition coefficient (Wildman–Crippen LogP) is 4.20. The van der Waals surface area contributed by atoms with Crippen LogP contribution in [0.15, 0.2) is 59.9 Å². The Balaban J connectivity index is 1.74. The molecular weight excluding hydrogens is 545 g/mol. The number of benzene rings is 1. The van der Waals surface area contributed by atoms with Gasteiger partial charge in [-0.05, 0) is 38.1 Å². The van der Waals surface area contributed by atoms with Crippen molar-refractivity contribution in [1.29, 1.82) is 0 Å². The van der Waals surface area contributed by atoms with Gasteiger partial charge in [-0.2, -0.15) is 18.3 Å². The van der Waals surface area contributed by atoms with Crippen molar-refractivity contribution in [1.82, 2.24) is 24.3 Å². The quantitative estimate of drug-likeness (QED) is 0.268. The maximum Gasteiger partial charge on any atom is 0.416 e. The van der Waals surface area contributed by atoms with E-state index in [1.807, 2.05) is 0 Å². The Hall–Kier alpha value is -3.93. The summed E-state index contributed by atoms with van der Waals surface area (Å²) in [4.78, 5) is 7.97. The molecule has 2 N–H and O–H groups in total. The molecule has 14 heteroatoms. The zero-order chi connectivity index (χ0) is 28.6. The topological polar surface area (TPSA) is 109 Å². The van der Waals surface area contributed by atoms with Crippen LogP contribution in [0.2, 0.25) is 0 Å². The molecule has 3 aromatic heterocycles. The van der Waals surface area contributed by atoms with Crippen molar-refractivity contribution in [3.63, 3.8) is 0 Å². The minimum absolute atomic E-state index is 0.0117. The average Bonchev–Trinajstić information content (AvgIpc) is 3.29. The van der Waals surface area contributed by atoms with Crippen molar-refractivity contribution in [3.8, 4) is 23.1 Å². The fraction of sp³-hybridized carbons (Fsp3) is 0.240. The van der Waals surface area contributed by atoms with Gasteiger partial charge in [0.05, 0.1) is 35.2 Å². The lowest BCUT2D eigenvalue weighted by Crippen LogP contribution is -2.46. The molecule has 0 spiro atoms. The second kappa shape index (κ2) is 10.3. The van der Waals surface area contributed by atoms with Gasteiger partial charge < -0.3 is 5.11 Å². The lowest BCUT2D eigenvalue weighted by Gasteiger charge is -2.23. The fourth-order valence-corrected chi connectivity index (χ4v) is 4.83. The van der Waals surface area contributed by atoms with E-state index >= 15 is 0 Å². The normalized spacial score (nSPS) is 12.5. The molecule has 8 nitrogen and oxygen atoms in total. The molecule has 0 amide bonds. The van der Waals surface area contributed by atoms with Crippen LogP contribution >= 0.6 is 0 Å². The lowest BCUT2D eigenvalue weighted by atomic mass is 10.1. The first-order chi connectivity index (χ1) is 18.2. The van der Waals surface area contributed by atoms with Gasteiger partial charge in [-0.25, -0.2) is 31.4 Å². The Morgan fingerprint density at radius 3 is 2.36 bits per heavy atom. The first kappa shape index (κ1) is 28.1. The highest BCUT2D eigenvalue weighted by Crippen LogP contribution is 2.32. The molecular formula is C25H20F5N5O3S. The van der Waals surface area contributed by atoms with Gasteiger partial charge in [0.1, 0.15) is 10.6 Å². The summed E-state index contributed by atoms with van der Waals surface area (Å²) in [6.45, 7) is 2.54. The minimum atomic E-state index is -4.56. The number of pyridine rings is 1. The third-order valence-electron chi connectivity index (χ3n) is 5.40. The Bertz CT molecular complexity index is 1690. The summed E-state index contributed by atoms with van der Waals surface area (Å²) in [5, 5.41) is 13.3. The second-order valence-corrected chi connectivity index (χ2v) is 10.7. The van der Waals surface area contributed by atoms with Crippen LogP contribution in [0, 0.1) is 11.8 Å². The Morgan fingerprint density at radius 2 is 1.74 bits per heavy atom. The zero-order valence-electron chi connectivity index (χ0n) is 20.3. The smallest absolute Gasteiger partial charge is 0.394 e. The van der Waals surface area contributed by atoms with Crippen LogP contribution in [0.5, 0.6) is 0 Å². The predicted molar refractivity (Wildman–Crippen MR) is 130 cm³/mol. The van der Waals surface area contributed by atoms with E-state index in [1.54, 1.807) is 0 Å². The summed E-state index contributed by atoms with van der Waals surface area (Å²) in [7, 11) is -4.05. The molecule has 0 aliphatic carbocycles. The van der Waals surface area contributed by atoms with Crippen molar-refractivity contribution in [2.45, 2.75) is 36.9 Å². The number of aromatic nitrogens is 4. The Kier molecular flexibility index (Phi) is 7.44. The number of sulfonamides is 1. The van der Waals surface area contributed by atoms with Crippen LogP contribution < -0.4 is 4.72 Å². The van der Waals surface area contributed by atoms with Crippen molar-refractivity contribution in [2.75, 3.05) is 6.61 Å². The molecule has 204 valence electrons. The maximum absolute atomic E-state index is 13.8. The maximum atomic E-state index is 13.8. The van der Waals surface area contributed by atoms with Gasteiger partial charge in [-0.3, -0.25) is 4.98 Å². The monoisotopic (exact) mass is 565 g/mol. The van der Waals surface area contributed by atoms with Gasteiger partial charge >= 0.3 is 6.18 Å². The SMILES string of the molecule is CC(C)(CO)NS(=O)(=O)c1cncc(C#Cc2cnn3c(C(F)F)cc(-c4ccc(C(F)(F)F)cc4)nc23)c1. The first-order valence-electron chi connectivity index (χ1n) is 11.2. The van der Waals surface area contributed by atoms with Crippen LogP contribution in [0.25, 0.3) is 16.9 Å². The molecule has 0 aliphatic rings. The van der Waals surface area contributed by atoms with Crippen LogP contribution in [-0.4, -0.2) is 45.3 Å². The zero-order valence-corrected chi connectivity index (χ0v) is 21.1. The van der Waals surface area contributed by atoms with Crippen molar-refractivity contribution in [2.24, 2.45) is 0 Å². The van der Waals surface area contributed by atoms with Gasteiger partial charge in [0.15, 0.2) is 5.65 Å². The largest absolute Gasteiger partial charge is 0.416 e. The number of hydrogen-bond donors (Lipinski definition) is 2. The van der Waals surface area contributed by atoms with E-state index in [4.69, 9.17) is 0 Å². The van der Waals surface area contributed by atoms with E-state index in [2.05, 4.69) is 31.6 Å². The van der Waals surface area contributed by atoms with E-state index < -0.39 is 46.0 Å². The number of alkyl halides is 5. The number of rotatable bonds is 6. The summed E-state index contributed by atoms with van der Waals surface area (Å²) in [6.07, 6.45) is -3.96. The highest BCUT2D eigenvalue weighted by molar-refractivity contribution is 7.89. The van der Waals surface area contributed by atoms with Crippen LogP contribution in [0.1, 0.15) is 42.7 Å². The summed E-state index contributed by atoms with van der Waals surface area (Å²) in [6, 6.07) is 6.18. The minimum Gasteiger partial charge on any atom is -0.394 e. The fourth-order valence-electron chi connectivity index (χ4n) is 3.44. The van der Waals surface area contributed by atoms with Crippen LogP contribution in [-0.2, 0) is 16.2 Å². The van der Waals surface area contributed by atoms with E-state index in [1.165, 1.54) is 32.3 Å².